The minimum absolute atomic E-state index is 0.278. The maximum atomic E-state index is 12.4. The van der Waals surface area contributed by atoms with Crippen molar-refractivity contribution in [2.24, 2.45) is 5.92 Å². The summed E-state index contributed by atoms with van der Waals surface area (Å²) in [6, 6.07) is 3.55. The van der Waals surface area contributed by atoms with Crippen LogP contribution < -0.4 is 0 Å². The van der Waals surface area contributed by atoms with Crippen LogP contribution in [-0.4, -0.2) is 37.2 Å². The molecule has 1 fully saturated rings. The Labute approximate surface area is 109 Å². The Hall–Kier alpha value is -0.850. The SMILES string of the molecule is CC1CCCN(S(=O)(=O)N(C)Cc2ccco2)C1. The molecule has 1 unspecified atom stereocenters. The summed E-state index contributed by atoms with van der Waals surface area (Å²) in [5.41, 5.74) is 0. The summed E-state index contributed by atoms with van der Waals surface area (Å²) in [6.45, 7) is 3.61. The molecule has 0 N–H and O–H groups in total. The van der Waals surface area contributed by atoms with Crippen LogP contribution in [0, 0.1) is 5.92 Å². The van der Waals surface area contributed by atoms with E-state index in [9.17, 15) is 8.42 Å². The Morgan fingerprint density at radius 1 is 1.56 bits per heavy atom. The lowest BCUT2D eigenvalue weighted by Gasteiger charge is -2.32. The molecule has 18 heavy (non-hydrogen) atoms. The van der Waals surface area contributed by atoms with Crippen LogP contribution in [0.4, 0.5) is 0 Å². The highest BCUT2D eigenvalue weighted by molar-refractivity contribution is 7.86. The van der Waals surface area contributed by atoms with Gasteiger partial charge in [0.1, 0.15) is 5.76 Å². The maximum Gasteiger partial charge on any atom is 0.282 e. The van der Waals surface area contributed by atoms with Gasteiger partial charge in [-0.1, -0.05) is 6.92 Å². The molecule has 0 spiro atoms. The van der Waals surface area contributed by atoms with E-state index in [4.69, 9.17) is 4.42 Å². The van der Waals surface area contributed by atoms with Crippen molar-refractivity contribution < 1.29 is 12.8 Å². The lowest BCUT2D eigenvalue weighted by molar-refractivity contribution is 0.260. The van der Waals surface area contributed by atoms with Gasteiger partial charge < -0.3 is 4.42 Å². The van der Waals surface area contributed by atoms with Crippen molar-refractivity contribution in [3.63, 3.8) is 0 Å². The lowest BCUT2D eigenvalue weighted by atomic mass is 10.0. The average molecular weight is 272 g/mol. The minimum Gasteiger partial charge on any atom is -0.468 e. The monoisotopic (exact) mass is 272 g/mol. The zero-order chi connectivity index (χ0) is 13.2. The second-order valence-corrected chi connectivity index (χ2v) is 6.98. The smallest absolute Gasteiger partial charge is 0.282 e. The molecule has 102 valence electrons. The van der Waals surface area contributed by atoms with E-state index in [-0.39, 0.29) is 6.54 Å². The van der Waals surface area contributed by atoms with Gasteiger partial charge in [-0.2, -0.15) is 17.0 Å². The molecule has 1 aromatic heterocycles. The molecular formula is C12H20N2O3S. The average Bonchev–Trinajstić information content (AvgIpc) is 2.81. The normalized spacial score (nSPS) is 22.5. The molecule has 0 aliphatic carbocycles. The molecule has 0 bridgehead atoms. The number of hydrogen-bond donors (Lipinski definition) is 0. The van der Waals surface area contributed by atoms with Gasteiger partial charge in [0.2, 0.25) is 0 Å². The summed E-state index contributed by atoms with van der Waals surface area (Å²) in [4.78, 5) is 0. The number of furan rings is 1. The molecule has 0 aromatic carbocycles. The van der Waals surface area contributed by atoms with Crippen molar-refractivity contribution in [2.45, 2.75) is 26.3 Å². The maximum absolute atomic E-state index is 12.4. The van der Waals surface area contributed by atoms with Gasteiger partial charge in [0.25, 0.3) is 10.2 Å². The van der Waals surface area contributed by atoms with Crippen LogP contribution in [0.1, 0.15) is 25.5 Å². The summed E-state index contributed by atoms with van der Waals surface area (Å²) >= 11 is 0. The predicted molar refractivity (Wildman–Crippen MR) is 69.1 cm³/mol. The Balaban J connectivity index is 2.05. The summed E-state index contributed by atoms with van der Waals surface area (Å²) in [7, 11) is -1.77. The molecule has 0 amide bonds. The molecule has 1 aliphatic heterocycles. The van der Waals surface area contributed by atoms with Gasteiger partial charge in [-0.3, -0.25) is 0 Å². The standard InChI is InChI=1S/C12H20N2O3S/c1-11-5-3-7-14(9-11)18(15,16)13(2)10-12-6-4-8-17-12/h4,6,8,11H,3,5,7,9-10H2,1-2H3. The van der Waals surface area contributed by atoms with Crippen molar-refractivity contribution in [3.8, 4) is 0 Å². The third-order valence-electron chi connectivity index (χ3n) is 3.30. The minimum atomic E-state index is -3.36. The summed E-state index contributed by atoms with van der Waals surface area (Å²) in [5.74, 6) is 1.09. The molecule has 1 aromatic rings. The van der Waals surface area contributed by atoms with E-state index < -0.39 is 10.2 Å². The van der Waals surface area contributed by atoms with Crippen molar-refractivity contribution in [2.75, 3.05) is 20.1 Å². The Morgan fingerprint density at radius 3 is 2.94 bits per heavy atom. The highest BCUT2D eigenvalue weighted by Gasteiger charge is 2.30. The van der Waals surface area contributed by atoms with Crippen molar-refractivity contribution in [1.29, 1.82) is 0 Å². The highest BCUT2D eigenvalue weighted by atomic mass is 32.2. The van der Waals surface area contributed by atoms with E-state index in [1.807, 2.05) is 0 Å². The largest absolute Gasteiger partial charge is 0.468 e. The molecule has 1 saturated heterocycles. The molecule has 1 aliphatic rings. The fourth-order valence-electron chi connectivity index (χ4n) is 2.26. The Bertz CT molecular complexity index is 470. The van der Waals surface area contributed by atoms with Crippen LogP contribution >= 0.6 is 0 Å². The van der Waals surface area contributed by atoms with E-state index >= 15 is 0 Å². The van der Waals surface area contributed by atoms with Gasteiger partial charge in [-0.15, -0.1) is 0 Å². The molecular weight excluding hydrogens is 252 g/mol. The van der Waals surface area contributed by atoms with E-state index in [1.54, 1.807) is 29.7 Å². The Morgan fingerprint density at radius 2 is 2.33 bits per heavy atom. The molecule has 2 heterocycles. The highest BCUT2D eigenvalue weighted by Crippen LogP contribution is 2.20. The number of rotatable bonds is 4. The van der Waals surface area contributed by atoms with Gasteiger partial charge in [-0.25, -0.2) is 0 Å². The first-order valence-corrected chi connectivity index (χ1v) is 7.63. The predicted octanol–water partition coefficient (Wildman–Crippen LogP) is 1.69. The first kappa shape index (κ1) is 13.6. The topological polar surface area (TPSA) is 53.8 Å². The third kappa shape index (κ3) is 2.93. The van der Waals surface area contributed by atoms with E-state index in [0.29, 0.717) is 24.8 Å². The van der Waals surface area contributed by atoms with E-state index in [1.165, 1.54) is 4.31 Å². The second kappa shape index (κ2) is 5.42. The van der Waals surface area contributed by atoms with Gasteiger partial charge >= 0.3 is 0 Å². The van der Waals surface area contributed by atoms with Crippen LogP contribution in [0.15, 0.2) is 22.8 Å². The quantitative estimate of drug-likeness (QED) is 0.838. The van der Waals surface area contributed by atoms with Crippen molar-refractivity contribution in [3.05, 3.63) is 24.2 Å². The summed E-state index contributed by atoms with van der Waals surface area (Å²) in [5, 5.41) is 0. The molecule has 2 rings (SSSR count). The fourth-order valence-corrected chi connectivity index (χ4v) is 3.74. The number of piperidine rings is 1. The van der Waals surface area contributed by atoms with Crippen molar-refractivity contribution in [1.82, 2.24) is 8.61 Å². The Kier molecular flexibility index (Phi) is 4.09. The zero-order valence-electron chi connectivity index (χ0n) is 10.9. The molecule has 0 radical (unpaired) electrons. The van der Waals surface area contributed by atoms with Crippen LogP contribution in [0.25, 0.3) is 0 Å². The van der Waals surface area contributed by atoms with Gasteiger partial charge in [0.15, 0.2) is 0 Å². The number of hydrogen-bond acceptors (Lipinski definition) is 3. The van der Waals surface area contributed by atoms with E-state index in [0.717, 1.165) is 12.8 Å². The summed E-state index contributed by atoms with van der Waals surface area (Å²) < 4.78 is 32.8. The first-order chi connectivity index (χ1) is 8.50. The molecule has 1 atom stereocenters. The van der Waals surface area contributed by atoms with Gasteiger partial charge in [-0.05, 0) is 30.9 Å². The van der Waals surface area contributed by atoms with Crippen molar-refractivity contribution >= 4 is 10.2 Å². The molecule has 5 nitrogen and oxygen atoms in total. The van der Waals surface area contributed by atoms with E-state index in [2.05, 4.69) is 6.92 Å². The van der Waals surface area contributed by atoms with Crippen LogP contribution in [0.2, 0.25) is 0 Å². The lowest BCUT2D eigenvalue weighted by Crippen LogP contribution is -2.45. The summed E-state index contributed by atoms with van der Waals surface area (Å²) in [6.07, 6.45) is 3.60. The fraction of sp³-hybridized carbons (Fsp3) is 0.667. The first-order valence-electron chi connectivity index (χ1n) is 6.24. The van der Waals surface area contributed by atoms with Crippen LogP contribution in [0.5, 0.6) is 0 Å². The molecule has 0 saturated carbocycles. The van der Waals surface area contributed by atoms with Gasteiger partial charge in [0, 0.05) is 20.1 Å². The zero-order valence-corrected chi connectivity index (χ0v) is 11.7. The van der Waals surface area contributed by atoms with Gasteiger partial charge in [0.05, 0.1) is 12.8 Å². The third-order valence-corrected chi connectivity index (χ3v) is 5.20. The molecule has 6 heteroatoms. The second-order valence-electron chi connectivity index (χ2n) is 4.95. The van der Waals surface area contributed by atoms with Crippen LogP contribution in [-0.2, 0) is 16.8 Å². The van der Waals surface area contributed by atoms with Crippen LogP contribution in [0.3, 0.4) is 0 Å². The number of nitrogens with zero attached hydrogens (tertiary/aromatic N) is 2.